The number of piperidine rings is 1. The van der Waals surface area contributed by atoms with Crippen molar-refractivity contribution in [3.63, 3.8) is 0 Å². The number of carbonyl (C=O) groups excluding carboxylic acids is 1. The van der Waals surface area contributed by atoms with Gasteiger partial charge in [0.2, 0.25) is 10.0 Å². The Morgan fingerprint density at radius 1 is 1.24 bits per heavy atom. The van der Waals surface area contributed by atoms with E-state index in [9.17, 15) is 13.2 Å². The minimum atomic E-state index is -3.31. The van der Waals surface area contributed by atoms with Gasteiger partial charge in [-0.05, 0) is 32.8 Å². The standard InChI is InChI=1S/C22H26N8O3S/c1-14(2)27-19-8-20(30-21-16(11-26-30)7-15(9-23)10-25-21)24-12-18(19)22(31)28-17-5-4-6-29(13-17)34(3,32)33/h7-8,10-12,14,17H,4-6,13H2,1-3H3,(H,24,27)(H,28,31)/t17-/m1/s1. The van der Waals surface area contributed by atoms with E-state index in [2.05, 4.69) is 31.8 Å². The second-order valence-electron chi connectivity index (χ2n) is 8.63. The Hall–Kier alpha value is -3.56. The first kappa shape index (κ1) is 23.6. The zero-order valence-electron chi connectivity index (χ0n) is 19.2. The summed E-state index contributed by atoms with van der Waals surface area (Å²) < 4.78 is 26.8. The Balaban J connectivity index is 1.62. The third-order valence-electron chi connectivity index (χ3n) is 5.52. The zero-order chi connectivity index (χ0) is 24.5. The van der Waals surface area contributed by atoms with E-state index in [-0.39, 0.29) is 24.5 Å². The Bertz CT molecular complexity index is 1380. The molecule has 2 N–H and O–H groups in total. The van der Waals surface area contributed by atoms with Crippen LogP contribution in [0.5, 0.6) is 0 Å². The van der Waals surface area contributed by atoms with Crippen LogP contribution in [0.1, 0.15) is 42.6 Å². The number of rotatable bonds is 6. The molecule has 0 aromatic carbocycles. The van der Waals surface area contributed by atoms with Gasteiger partial charge in [0, 0.05) is 49.0 Å². The van der Waals surface area contributed by atoms with Gasteiger partial charge in [-0.15, -0.1) is 0 Å². The summed E-state index contributed by atoms with van der Waals surface area (Å²) in [6, 6.07) is 5.25. The third-order valence-corrected chi connectivity index (χ3v) is 6.79. The predicted molar refractivity (Wildman–Crippen MR) is 127 cm³/mol. The maximum absolute atomic E-state index is 13.1. The predicted octanol–water partition coefficient (Wildman–Crippen LogP) is 1.66. The Morgan fingerprint density at radius 3 is 2.74 bits per heavy atom. The molecule has 3 aromatic heterocycles. The fourth-order valence-corrected chi connectivity index (χ4v) is 4.86. The van der Waals surface area contributed by atoms with Gasteiger partial charge in [-0.3, -0.25) is 4.79 Å². The van der Waals surface area contributed by atoms with Gasteiger partial charge in [-0.25, -0.2) is 22.7 Å². The number of hydrogen-bond donors (Lipinski definition) is 2. The van der Waals surface area contributed by atoms with E-state index in [1.165, 1.54) is 23.0 Å². The number of hydrogen-bond acceptors (Lipinski definition) is 8. The molecule has 1 fully saturated rings. The molecule has 1 aliphatic heterocycles. The molecule has 34 heavy (non-hydrogen) atoms. The quantitative estimate of drug-likeness (QED) is 0.539. The topological polar surface area (TPSA) is 146 Å². The number of anilines is 1. The highest BCUT2D eigenvalue weighted by Gasteiger charge is 2.28. The van der Waals surface area contributed by atoms with E-state index >= 15 is 0 Å². The zero-order valence-corrected chi connectivity index (χ0v) is 20.0. The molecule has 12 heteroatoms. The van der Waals surface area contributed by atoms with Crippen LogP contribution in [0.4, 0.5) is 5.69 Å². The van der Waals surface area contributed by atoms with Crippen LogP contribution >= 0.6 is 0 Å². The fourth-order valence-electron chi connectivity index (χ4n) is 3.95. The highest BCUT2D eigenvalue weighted by atomic mass is 32.2. The first-order valence-electron chi connectivity index (χ1n) is 10.9. The largest absolute Gasteiger partial charge is 0.382 e. The summed E-state index contributed by atoms with van der Waals surface area (Å²) in [5.74, 6) is 0.137. The van der Waals surface area contributed by atoms with E-state index in [0.717, 1.165) is 0 Å². The number of aromatic nitrogens is 4. The van der Waals surface area contributed by atoms with Crippen molar-refractivity contribution in [2.75, 3.05) is 24.7 Å². The second-order valence-corrected chi connectivity index (χ2v) is 10.6. The summed E-state index contributed by atoms with van der Waals surface area (Å²) in [7, 11) is -3.31. The van der Waals surface area contributed by atoms with Gasteiger partial charge < -0.3 is 10.6 Å². The van der Waals surface area contributed by atoms with Crippen LogP contribution < -0.4 is 10.6 Å². The molecule has 1 atom stereocenters. The van der Waals surface area contributed by atoms with Crippen molar-refractivity contribution in [1.29, 1.82) is 5.26 Å². The molecule has 4 rings (SSSR count). The van der Waals surface area contributed by atoms with Crippen molar-refractivity contribution in [2.24, 2.45) is 0 Å². The number of nitrogens with zero attached hydrogens (tertiary/aromatic N) is 6. The lowest BCUT2D eigenvalue weighted by Crippen LogP contribution is -2.49. The van der Waals surface area contributed by atoms with Crippen molar-refractivity contribution >= 4 is 32.7 Å². The summed E-state index contributed by atoms with van der Waals surface area (Å²) in [4.78, 5) is 21.9. The van der Waals surface area contributed by atoms with E-state index in [1.54, 1.807) is 23.0 Å². The van der Waals surface area contributed by atoms with Gasteiger partial charge in [-0.1, -0.05) is 0 Å². The summed E-state index contributed by atoms with van der Waals surface area (Å²) in [5, 5.41) is 20.4. The third kappa shape index (κ3) is 5.00. The molecule has 1 aliphatic rings. The molecule has 1 saturated heterocycles. The Kier molecular flexibility index (Phi) is 6.49. The summed E-state index contributed by atoms with van der Waals surface area (Å²) in [5.41, 5.74) is 1.91. The maximum Gasteiger partial charge on any atom is 0.255 e. The van der Waals surface area contributed by atoms with Crippen LogP contribution in [0, 0.1) is 11.3 Å². The molecule has 178 valence electrons. The highest BCUT2D eigenvalue weighted by Crippen LogP contribution is 2.23. The van der Waals surface area contributed by atoms with Crippen LogP contribution in [0.3, 0.4) is 0 Å². The normalized spacial score (nSPS) is 17.0. The Morgan fingerprint density at radius 2 is 2.03 bits per heavy atom. The molecule has 4 heterocycles. The molecule has 0 saturated carbocycles. The summed E-state index contributed by atoms with van der Waals surface area (Å²) in [6.45, 7) is 4.63. The van der Waals surface area contributed by atoms with E-state index in [1.807, 2.05) is 13.8 Å². The summed E-state index contributed by atoms with van der Waals surface area (Å²) in [6.07, 6.45) is 7.12. The average Bonchev–Trinajstić information content (AvgIpc) is 3.21. The number of nitrogens with one attached hydrogen (secondary N) is 2. The van der Waals surface area contributed by atoms with E-state index < -0.39 is 10.0 Å². The van der Waals surface area contributed by atoms with Crippen LogP contribution in [0.2, 0.25) is 0 Å². The first-order chi connectivity index (χ1) is 16.2. The number of sulfonamides is 1. The molecule has 0 spiro atoms. The van der Waals surface area contributed by atoms with Crippen molar-refractivity contribution in [3.05, 3.63) is 41.9 Å². The molecule has 3 aromatic rings. The Labute approximate surface area is 197 Å². The first-order valence-corrected chi connectivity index (χ1v) is 12.8. The maximum atomic E-state index is 13.1. The lowest BCUT2D eigenvalue weighted by atomic mass is 10.1. The molecule has 0 bridgehead atoms. The van der Waals surface area contributed by atoms with Gasteiger partial charge in [0.05, 0.1) is 29.3 Å². The van der Waals surface area contributed by atoms with Crippen LogP contribution in [0.15, 0.2) is 30.7 Å². The highest BCUT2D eigenvalue weighted by molar-refractivity contribution is 7.88. The number of carbonyl (C=O) groups is 1. The second kappa shape index (κ2) is 9.36. The fraction of sp³-hybridized carbons (Fsp3) is 0.409. The SMILES string of the molecule is CC(C)Nc1cc(-n2ncc3cc(C#N)cnc32)ncc1C(=O)N[C@@H]1CCCN(S(C)(=O)=O)C1. The van der Waals surface area contributed by atoms with Gasteiger partial charge in [0.1, 0.15) is 6.07 Å². The molecule has 11 nitrogen and oxygen atoms in total. The van der Waals surface area contributed by atoms with Crippen molar-refractivity contribution in [2.45, 2.75) is 38.8 Å². The number of fused-ring (bicyclic) bond motifs is 1. The van der Waals surface area contributed by atoms with Crippen LogP contribution in [-0.4, -0.2) is 69.8 Å². The monoisotopic (exact) mass is 482 g/mol. The molecular formula is C22H26N8O3S. The van der Waals surface area contributed by atoms with Crippen molar-refractivity contribution in [1.82, 2.24) is 29.4 Å². The van der Waals surface area contributed by atoms with Crippen LogP contribution in [-0.2, 0) is 10.0 Å². The van der Waals surface area contributed by atoms with Crippen molar-refractivity contribution in [3.8, 4) is 11.9 Å². The van der Waals surface area contributed by atoms with E-state index in [4.69, 9.17) is 5.26 Å². The van der Waals surface area contributed by atoms with Gasteiger partial charge in [0.15, 0.2) is 11.5 Å². The number of amides is 1. The smallest absolute Gasteiger partial charge is 0.255 e. The molecule has 0 radical (unpaired) electrons. The number of pyridine rings is 2. The van der Waals surface area contributed by atoms with Gasteiger partial charge in [0.25, 0.3) is 5.91 Å². The van der Waals surface area contributed by atoms with Gasteiger partial charge in [-0.2, -0.15) is 15.0 Å². The molecule has 1 amide bonds. The lowest BCUT2D eigenvalue weighted by Gasteiger charge is -2.31. The van der Waals surface area contributed by atoms with Gasteiger partial charge >= 0.3 is 0 Å². The van der Waals surface area contributed by atoms with E-state index in [0.29, 0.717) is 53.1 Å². The van der Waals surface area contributed by atoms with Crippen LogP contribution in [0.25, 0.3) is 16.9 Å². The number of nitriles is 1. The average molecular weight is 483 g/mol. The molecular weight excluding hydrogens is 456 g/mol. The minimum absolute atomic E-state index is 0.0443. The minimum Gasteiger partial charge on any atom is -0.382 e. The van der Waals surface area contributed by atoms with Crippen molar-refractivity contribution < 1.29 is 13.2 Å². The summed E-state index contributed by atoms with van der Waals surface area (Å²) >= 11 is 0. The molecule has 0 aliphatic carbocycles. The molecule has 0 unspecified atom stereocenters. The lowest BCUT2D eigenvalue weighted by molar-refractivity contribution is 0.0922.